The molecule has 0 bridgehead atoms. The monoisotopic (exact) mass is 407 g/mol. The molecule has 0 unspecified atom stereocenters. The highest BCUT2D eigenvalue weighted by atomic mass is 19.1. The lowest BCUT2D eigenvalue weighted by atomic mass is 10.2. The molecule has 154 valence electrons. The van der Waals surface area contributed by atoms with Crippen molar-refractivity contribution in [2.75, 3.05) is 36.4 Å². The molecule has 1 aliphatic rings. The molecule has 7 nitrogen and oxygen atoms in total. The minimum atomic E-state index is -0.267. The van der Waals surface area contributed by atoms with Crippen LogP contribution in [0, 0.1) is 5.82 Å². The first-order valence-corrected chi connectivity index (χ1v) is 9.72. The number of amides is 2. The number of hydrogen-bond acceptors (Lipinski definition) is 4. The van der Waals surface area contributed by atoms with Crippen molar-refractivity contribution in [1.29, 1.82) is 0 Å². The van der Waals surface area contributed by atoms with Crippen LogP contribution in [0.15, 0.2) is 60.7 Å². The van der Waals surface area contributed by atoms with Gasteiger partial charge in [-0.15, -0.1) is 0 Å². The minimum Gasteiger partial charge on any atom is -0.366 e. The van der Waals surface area contributed by atoms with E-state index >= 15 is 0 Å². The summed E-state index contributed by atoms with van der Waals surface area (Å²) in [4.78, 5) is 28.9. The lowest BCUT2D eigenvalue weighted by Crippen LogP contribution is -2.49. The van der Waals surface area contributed by atoms with Crippen molar-refractivity contribution in [3.8, 4) is 0 Å². The number of rotatable bonds is 4. The van der Waals surface area contributed by atoms with Gasteiger partial charge in [-0.2, -0.15) is 5.10 Å². The number of aryl methyl sites for hydroxylation is 1. The Labute approximate surface area is 173 Å². The van der Waals surface area contributed by atoms with Crippen molar-refractivity contribution in [2.45, 2.75) is 0 Å². The second-order valence-corrected chi connectivity index (χ2v) is 7.09. The van der Waals surface area contributed by atoms with Crippen LogP contribution in [0.4, 0.5) is 15.9 Å². The van der Waals surface area contributed by atoms with Crippen molar-refractivity contribution < 1.29 is 14.0 Å². The standard InChI is InChI=1S/C22H22FN5O2/c1-26-20(24-21(29)16-7-3-2-4-8-16)15-18(25-26)22(30)28-13-11-27(12-14-28)19-10-6-5-9-17(19)23/h2-10,15H,11-14H2,1H3,(H,24,29). The van der Waals surface area contributed by atoms with Gasteiger partial charge in [0.15, 0.2) is 5.69 Å². The zero-order valence-electron chi connectivity index (χ0n) is 16.6. The molecule has 8 heteroatoms. The van der Waals surface area contributed by atoms with Gasteiger partial charge < -0.3 is 15.1 Å². The maximum absolute atomic E-state index is 14.0. The molecule has 30 heavy (non-hydrogen) atoms. The number of halogens is 1. The summed E-state index contributed by atoms with van der Waals surface area (Å²) in [5.74, 6) is -0.298. The van der Waals surface area contributed by atoms with Gasteiger partial charge in [0.25, 0.3) is 11.8 Å². The number of hydrogen-bond donors (Lipinski definition) is 1. The van der Waals surface area contributed by atoms with E-state index in [9.17, 15) is 14.0 Å². The topological polar surface area (TPSA) is 70.5 Å². The van der Waals surface area contributed by atoms with E-state index in [1.54, 1.807) is 60.5 Å². The number of piperazine rings is 1. The van der Waals surface area contributed by atoms with E-state index in [1.165, 1.54) is 10.7 Å². The predicted octanol–water partition coefficient (Wildman–Crippen LogP) is 2.77. The average molecular weight is 407 g/mol. The van der Waals surface area contributed by atoms with Crippen molar-refractivity contribution in [3.63, 3.8) is 0 Å². The number of para-hydroxylation sites is 1. The van der Waals surface area contributed by atoms with E-state index in [1.807, 2.05) is 11.0 Å². The van der Waals surface area contributed by atoms with Crippen LogP contribution in [0.25, 0.3) is 0 Å². The highest BCUT2D eigenvalue weighted by Gasteiger charge is 2.25. The first kappa shape index (κ1) is 19.6. The van der Waals surface area contributed by atoms with Crippen LogP contribution >= 0.6 is 0 Å². The van der Waals surface area contributed by atoms with E-state index < -0.39 is 0 Å². The van der Waals surface area contributed by atoms with Crippen molar-refractivity contribution in [1.82, 2.24) is 14.7 Å². The summed E-state index contributed by atoms with van der Waals surface area (Å²) >= 11 is 0. The van der Waals surface area contributed by atoms with Gasteiger partial charge in [0.05, 0.1) is 5.69 Å². The maximum atomic E-state index is 14.0. The van der Waals surface area contributed by atoms with Gasteiger partial charge >= 0.3 is 0 Å². The number of anilines is 2. The fourth-order valence-corrected chi connectivity index (χ4v) is 3.49. The Morgan fingerprint density at radius 3 is 2.33 bits per heavy atom. The predicted molar refractivity (Wildman–Crippen MR) is 112 cm³/mol. The minimum absolute atomic E-state index is 0.209. The first-order chi connectivity index (χ1) is 14.5. The Balaban J connectivity index is 1.40. The van der Waals surface area contributed by atoms with E-state index in [2.05, 4.69) is 10.4 Å². The molecule has 1 aromatic heterocycles. The fourth-order valence-electron chi connectivity index (χ4n) is 3.49. The lowest BCUT2D eigenvalue weighted by Gasteiger charge is -2.35. The molecule has 2 heterocycles. The lowest BCUT2D eigenvalue weighted by molar-refractivity contribution is 0.0739. The molecule has 4 rings (SSSR count). The SMILES string of the molecule is Cn1nc(C(=O)N2CCN(c3ccccc3F)CC2)cc1NC(=O)c1ccccc1. The van der Waals surface area contributed by atoms with Gasteiger partial charge in [-0.05, 0) is 24.3 Å². The zero-order chi connectivity index (χ0) is 21.1. The fraction of sp³-hybridized carbons (Fsp3) is 0.227. The largest absolute Gasteiger partial charge is 0.366 e. The Bertz CT molecular complexity index is 1060. The molecular weight excluding hydrogens is 385 g/mol. The molecule has 0 spiro atoms. The smallest absolute Gasteiger partial charge is 0.274 e. The molecule has 0 radical (unpaired) electrons. The molecule has 0 aliphatic carbocycles. The summed E-state index contributed by atoms with van der Waals surface area (Å²) < 4.78 is 15.5. The van der Waals surface area contributed by atoms with Gasteiger partial charge in [0, 0.05) is 44.9 Å². The number of benzene rings is 2. The van der Waals surface area contributed by atoms with Crippen molar-refractivity contribution in [2.24, 2.45) is 7.05 Å². The van der Waals surface area contributed by atoms with Crippen LogP contribution in [0.3, 0.4) is 0 Å². The summed E-state index contributed by atoms with van der Waals surface area (Å²) in [5.41, 5.74) is 1.34. The maximum Gasteiger partial charge on any atom is 0.274 e. The molecule has 1 fully saturated rings. The van der Waals surface area contributed by atoms with Crippen LogP contribution in [-0.2, 0) is 7.05 Å². The van der Waals surface area contributed by atoms with Crippen LogP contribution in [-0.4, -0.2) is 52.7 Å². The van der Waals surface area contributed by atoms with Gasteiger partial charge in [-0.1, -0.05) is 30.3 Å². The normalized spacial score (nSPS) is 13.9. The van der Waals surface area contributed by atoms with Crippen LogP contribution in [0.5, 0.6) is 0 Å². The number of nitrogens with one attached hydrogen (secondary N) is 1. The first-order valence-electron chi connectivity index (χ1n) is 9.72. The summed E-state index contributed by atoms with van der Waals surface area (Å²) in [6.07, 6.45) is 0. The average Bonchev–Trinajstić information content (AvgIpc) is 3.14. The van der Waals surface area contributed by atoms with Crippen molar-refractivity contribution in [3.05, 3.63) is 77.7 Å². The van der Waals surface area contributed by atoms with Crippen LogP contribution in [0.2, 0.25) is 0 Å². The van der Waals surface area contributed by atoms with E-state index in [0.717, 1.165) is 0 Å². The Kier molecular flexibility index (Phi) is 5.47. The number of aromatic nitrogens is 2. The van der Waals surface area contributed by atoms with Gasteiger partial charge in [0.1, 0.15) is 11.6 Å². The van der Waals surface area contributed by atoms with E-state index in [-0.39, 0.29) is 23.3 Å². The summed E-state index contributed by atoms with van der Waals surface area (Å²) in [5, 5.41) is 7.04. The number of nitrogens with zero attached hydrogens (tertiary/aromatic N) is 4. The van der Waals surface area contributed by atoms with Crippen molar-refractivity contribution >= 4 is 23.3 Å². The molecule has 1 saturated heterocycles. The third kappa shape index (κ3) is 4.03. The molecule has 2 amide bonds. The Morgan fingerprint density at radius 1 is 0.967 bits per heavy atom. The van der Waals surface area contributed by atoms with Gasteiger partial charge in [0.2, 0.25) is 0 Å². The second kappa shape index (κ2) is 8.36. The summed E-state index contributed by atoms with van der Waals surface area (Å²) in [7, 11) is 1.67. The highest BCUT2D eigenvalue weighted by Crippen LogP contribution is 2.21. The summed E-state index contributed by atoms with van der Waals surface area (Å²) in [6, 6.07) is 17.1. The Hall–Kier alpha value is -3.68. The Morgan fingerprint density at radius 2 is 1.63 bits per heavy atom. The molecule has 2 aromatic carbocycles. The molecule has 1 aliphatic heterocycles. The molecule has 1 N–H and O–H groups in total. The van der Waals surface area contributed by atoms with E-state index in [0.29, 0.717) is 43.2 Å². The zero-order valence-corrected chi connectivity index (χ0v) is 16.6. The molecule has 0 atom stereocenters. The third-order valence-electron chi connectivity index (χ3n) is 5.14. The van der Waals surface area contributed by atoms with Gasteiger partial charge in [-0.25, -0.2) is 4.39 Å². The summed E-state index contributed by atoms with van der Waals surface area (Å²) in [6.45, 7) is 2.01. The highest BCUT2D eigenvalue weighted by molar-refractivity contribution is 6.04. The molecule has 3 aromatic rings. The second-order valence-electron chi connectivity index (χ2n) is 7.09. The number of carbonyl (C=O) groups is 2. The van der Waals surface area contributed by atoms with Crippen LogP contribution in [0.1, 0.15) is 20.8 Å². The quantitative estimate of drug-likeness (QED) is 0.722. The van der Waals surface area contributed by atoms with E-state index in [4.69, 9.17) is 0 Å². The molecular formula is C22H22FN5O2. The van der Waals surface area contributed by atoms with Crippen LogP contribution < -0.4 is 10.2 Å². The number of carbonyl (C=O) groups excluding carboxylic acids is 2. The van der Waals surface area contributed by atoms with Gasteiger partial charge in [-0.3, -0.25) is 14.3 Å². The molecule has 0 saturated carbocycles. The third-order valence-corrected chi connectivity index (χ3v) is 5.14.